The standard InChI is InChI=1S/C18H30N4O.2ClH/c1-3-9-19-10-11-20-18(23)16-5-7-17(8-6-16)22-14-12-21(4-2)13-15-22;;/h5-8,19H,3-4,9-15H2,1-2H3,(H,20,23);2*1H. The zero-order valence-corrected chi connectivity index (χ0v) is 16.9. The van der Waals surface area contributed by atoms with Gasteiger partial charge in [0.1, 0.15) is 0 Å². The van der Waals surface area contributed by atoms with Crippen LogP contribution in [-0.4, -0.2) is 63.2 Å². The molecule has 0 aromatic heterocycles. The third-order valence-electron chi connectivity index (χ3n) is 4.33. The number of likely N-dealkylation sites (N-methyl/N-ethyl adjacent to an activating group) is 1. The molecule has 7 heteroatoms. The topological polar surface area (TPSA) is 47.6 Å². The highest BCUT2D eigenvalue weighted by Gasteiger charge is 2.16. The molecule has 1 fully saturated rings. The molecule has 0 atom stereocenters. The van der Waals surface area contributed by atoms with E-state index in [9.17, 15) is 4.79 Å². The van der Waals surface area contributed by atoms with Gasteiger partial charge in [-0.15, -0.1) is 24.8 Å². The van der Waals surface area contributed by atoms with Gasteiger partial charge in [0.15, 0.2) is 0 Å². The highest BCUT2D eigenvalue weighted by Crippen LogP contribution is 2.17. The summed E-state index contributed by atoms with van der Waals surface area (Å²) in [6.07, 6.45) is 1.11. The summed E-state index contributed by atoms with van der Waals surface area (Å²) in [4.78, 5) is 16.9. The predicted molar refractivity (Wildman–Crippen MR) is 111 cm³/mol. The van der Waals surface area contributed by atoms with Crippen LogP contribution in [0.4, 0.5) is 5.69 Å². The Balaban J connectivity index is 0.00000288. The molecule has 1 heterocycles. The Kier molecular flexibility index (Phi) is 12.7. The Morgan fingerprint density at radius 1 is 0.960 bits per heavy atom. The number of nitrogens with one attached hydrogen (secondary N) is 2. The first-order valence-corrected chi connectivity index (χ1v) is 8.81. The number of nitrogens with zero attached hydrogens (tertiary/aromatic N) is 2. The van der Waals surface area contributed by atoms with Crippen LogP contribution in [0.25, 0.3) is 0 Å². The molecule has 1 aromatic rings. The van der Waals surface area contributed by atoms with Crippen LogP contribution in [0.3, 0.4) is 0 Å². The van der Waals surface area contributed by atoms with E-state index in [1.807, 2.05) is 12.1 Å². The molecule has 2 N–H and O–H groups in total. The Morgan fingerprint density at radius 3 is 2.16 bits per heavy atom. The predicted octanol–water partition coefficient (Wildman–Crippen LogP) is 2.40. The quantitative estimate of drug-likeness (QED) is 0.669. The Hall–Kier alpha value is -1.01. The second-order valence-electron chi connectivity index (χ2n) is 5.97. The fourth-order valence-corrected chi connectivity index (χ4v) is 2.81. The number of carbonyl (C=O) groups excluding carboxylic acids is 1. The Morgan fingerprint density at radius 2 is 1.60 bits per heavy atom. The van der Waals surface area contributed by atoms with Crippen molar-refractivity contribution in [3.8, 4) is 0 Å². The number of rotatable bonds is 8. The normalized spacial score (nSPS) is 14.4. The minimum atomic E-state index is 0. The van der Waals surface area contributed by atoms with Crippen LogP contribution in [-0.2, 0) is 0 Å². The third-order valence-corrected chi connectivity index (χ3v) is 4.33. The fourth-order valence-electron chi connectivity index (χ4n) is 2.81. The molecule has 0 saturated carbocycles. The molecule has 1 amide bonds. The number of anilines is 1. The van der Waals surface area contributed by atoms with Crippen LogP contribution in [0.15, 0.2) is 24.3 Å². The first kappa shape index (κ1) is 24.0. The van der Waals surface area contributed by atoms with Crippen molar-refractivity contribution in [2.75, 3.05) is 57.3 Å². The average molecular weight is 391 g/mol. The second-order valence-corrected chi connectivity index (χ2v) is 5.97. The molecule has 25 heavy (non-hydrogen) atoms. The first-order valence-electron chi connectivity index (χ1n) is 8.81. The van der Waals surface area contributed by atoms with Gasteiger partial charge in [-0.05, 0) is 43.8 Å². The van der Waals surface area contributed by atoms with Crippen molar-refractivity contribution in [1.29, 1.82) is 0 Å². The lowest BCUT2D eigenvalue weighted by molar-refractivity contribution is 0.0954. The molecule has 5 nitrogen and oxygen atoms in total. The Labute approximate surface area is 164 Å². The van der Waals surface area contributed by atoms with Gasteiger partial charge in [0.25, 0.3) is 5.91 Å². The molecule has 1 aliphatic rings. The molecule has 0 unspecified atom stereocenters. The monoisotopic (exact) mass is 390 g/mol. The second kappa shape index (κ2) is 13.2. The van der Waals surface area contributed by atoms with Gasteiger partial charge in [-0.25, -0.2) is 0 Å². The number of hydrogen-bond acceptors (Lipinski definition) is 4. The maximum absolute atomic E-state index is 12.1. The van der Waals surface area contributed by atoms with E-state index >= 15 is 0 Å². The van der Waals surface area contributed by atoms with E-state index in [1.165, 1.54) is 5.69 Å². The molecule has 1 aromatic carbocycles. The van der Waals surface area contributed by atoms with E-state index in [0.29, 0.717) is 6.54 Å². The van der Waals surface area contributed by atoms with E-state index in [0.717, 1.165) is 57.8 Å². The molecule has 144 valence electrons. The summed E-state index contributed by atoms with van der Waals surface area (Å²) in [5.74, 6) is 0.00523. The van der Waals surface area contributed by atoms with Crippen LogP contribution in [0.1, 0.15) is 30.6 Å². The van der Waals surface area contributed by atoms with Crippen molar-refractivity contribution in [2.45, 2.75) is 20.3 Å². The van der Waals surface area contributed by atoms with Gasteiger partial charge in [0.2, 0.25) is 0 Å². The third kappa shape index (κ3) is 7.82. The Bertz CT molecular complexity index is 476. The van der Waals surface area contributed by atoms with Crippen molar-refractivity contribution >= 4 is 36.4 Å². The number of hydrogen-bond donors (Lipinski definition) is 2. The minimum Gasteiger partial charge on any atom is -0.369 e. The van der Waals surface area contributed by atoms with Crippen molar-refractivity contribution in [2.24, 2.45) is 0 Å². The molecule has 0 bridgehead atoms. The molecule has 0 spiro atoms. The zero-order valence-electron chi connectivity index (χ0n) is 15.3. The summed E-state index contributed by atoms with van der Waals surface area (Å²) < 4.78 is 0. The summed E-state index contributed by atoms with van der Waals surface area (Å²) in [6, 6.07) is 7.98. The molecule has 0 aliphatic carbocycles. The summed E-state index contributed by atoms with van der Waals surface area (Å²) in [6.45, 7) is 12.3. The van der Waals surface area contributed by atoms with Gasteiger partial charge < -0.3 is 20.4 Å². The number of amides is 1. The van der Waals surface area contributed by atoms with Crippen LogP contribution in [0.5, 0.6) is 0 Å². The largest absolute Gasteiger partial charge is 0.369 e. The lowest BCUT2D eigenvalue weighted by Gasteiger charge is -2.35. The van der Waals surface area contributed by atoms with E-state index < -0.39 is 0 Å². The summed E-state index contributed by atoms with van der Waals surface area (Å²) >= 11 is 0. The molecule has 2 rings (SSSR count). The van der Waals surface area contributed by atoms with Crippen LogP contribution < -0.4 is 15.5 Å². The van der Waals surface area contributed by atoms with Crippen LogP contribution in [0, 0.1) is 0 Å². The summed E-state index contributed by atoms with van der Waals surface area (Å²) in [7, 11) is 0. The SMILES string of the molecule is CCCNCCNC(=O)c1ccc(N2CCN(CC)CC2)cc1.Cl.Cl. The molecular formula is C18H32Cl2N4O. The average Bonchev–Trinajstić information content (AvgIpc) is 2.61. The molecule has 1 aliphatic heterocycles. The van der Waals surface area contributed by atoms with E-state index in [2.05, 4.69) is 46.4 Å². The van der Waals surface area contributed by atoms with E-state index in [-0.39, 0.29) is 30.7 Å². The zero-order chi connectivity index (χ0) is 16.5. The molecular weight excluding hydrogens is 359 g/mol. The molecule has 0 radical (unpaired) electrons. The summed E-state index contributed by atoms with van der Waals surface area (Å²) in [5.41, 5.74) is 1.94. The maximum atomic E-state index is 12.1. The maximum Gasteiger partial charge on any atom is 0.251 e. The summed E-state index contributed by atoms with van der Waals surface area (Å²) in [5, 5.41) is 6.23. The number of benzene rings is 1. The fraction of sp³-hybridized carbons (Fsp3) is 0.611. The van der Waals surface area contributed by atoms with Gasteiger partial charge in [-0.1, -0.05) is 13.8 Å². The van der Waals surface area contributed by atoms with Crippen molar-refractivity contribution in [3.05, 3.63) is 29.8 Å². The minimum absolute atomic E-state index is 0. The number of halogens is 2. The molecule has 1 saturated heterocycles. The van der Waals surface area contributed by atoms with Gasteiger partial charge in [-0.3, -0.25) is 4.79 Å². The van der Waals surface area contributed by atoms with Crippen LogP contribution in [0.2, 0.25) is 0 Å². The number of carbonyl (C=O) groups is 1. The number of piperazine rings is 1. The smallest absolute Gasteiger partial charge is 0.251 e. The van der Waals surface area contributed by atoms with Crippen molar-refractivity contribution in [1.82, 2.24) is 15.5 Å². The van der Waals surface area contributed by atoms with Crippen molar-refractivity contribution < 1.29 is 4.79 Å². The highest BCUT2D eigenvalue weighted by molar-refractivity contribution is 5.94. The van der Waals surface area contributed by atoms with Crippen molar-refractivity contribution in [3.63, 3.8) is 0 Å². The first-order chi connectivity index (χ1) is 11.2. The van der Waals surface area contributed by atoms with Gasteiger partial charge in [-0.2, -0.15) is 0 Å². The van der Waals surface area contributed by atoms with Gasteiger partial charge in [0.05, 0.1) is 0 Å². The van der Waals surface area contributed by atoms with E-state index in [4.69, 9.17) is 0 Å². The van der Waals surface area contributed by atoms with Crippen LogP contribution >= 0.6 is 24.8 Å². The lowest BCUT2D eigenvalue weighted by Crippen LogP contribution is -2.46. The van der Waals surface area contributed by atoms with E-state index in [1.54, 1.807) is 0 Å². The highest BCUT2D eigenvalue weighted by atomic mass is 35.5. The lowest BCUT2D eigenvalue weighted by atomic mass is 10.1. The van der Waals surface area contributed by atoms with Gasteiger partial charge in [0, 0.05) is 50.5 Å². The van der Waals surface area contributed by atoms with Gasteiger partial charge >= 0.3 is 0 Å².